The molecule has 2 fully saturated rings. The molecular formula is C15H27N3O6. The lowest BCUT2D eigenvalue weighted by Gasteiger charge is -2.26. The van der Waals surface area contributed by atoms with Gasteiger partial charge in [-0.3, -0.25) is 14.5 Å². The summed E-state index contributed by atoms with van der Waals surface area (Å²) in [5.41, 5.74) is 0. The first-order valence-electron chi connectivity index (χ1n) is 8.30. The average Bonchev–Trinajstić information content (AvgIpc) is 2.82. The van der Waals surface area contributed by atoms with Crippen molar-refractivity contribution in [3.63, 3.8) is 0 Å². The number of amides is 2. The van der Waals surface area contributed by atoms with Crippen LogP contribution in [0.3, 0.4) is 0 Å². The molecule has 0 spiro atoms. The third-order valence-electron chi connectivity index (χ3n) is 4.25. The number of hydrogen-bond acceptors (Lipinski definition) is 7. The smallest absolute Gasteiger partial charge is 0.222 e. The summed E-state index contributed by atoms with van der Waals surface area (Å²) in [4.78, 5) is 25.1. The van der Waals surface area contributed by atoms with Gasteiger partial charge in [0.25, 0.3) is 0 Å². The molecule has 4 atom stereocenters. The minimum absolute atomic E-state index is 0.0299. The fourth-order valence-electron chi connectivity index (χ4n) is 2.84. The Bertz CT molecular complexity index is 429. The maximum absolute atomic E-state index is 12.0. The van der Waals surface area contributed by atoms with Crippen molar-refractivity contribution < 1.29 is 29.3 Å². The molecule has 24 heavy (non-hydrogen) atoms. The van der Waals surface area contributed by atoms with Crippen molar-refractivity contribution in [3.05, 3.63) is 0 Å². The number of morpholine rings is 1. The zero-order valence-electron chi connectivity index (χ0n) is 13.9. The van der Waals surface area contributed by atoms with Crippen molar-refractivity contribution in [2.24, 2.45) is 0 Å². The van der Waals surface area contributed by atoms with E-state index < -0.39 is 24.4 Å². The summed E-state index contributed by atoms with van der Waals surface area (Å²) in [6.45, 7) is 5.86. The highest BCUT2D eigenvalue weighted by atomic mass is 16.5. The number of aliphatic hydroxyl groups is 2. The molecular weight excluding hydrogens is 318 g/mol. The molecule has 0 aromatic heterocycles. The number of hydrogen-bond donors (Lipinski definition) is 4. The Morgan fingerprint density at radius 3 is 2.46 bits per heavy atom. The van der Waals surface area contributed by atoms with Gasteiger partial charge in [0, 0.05) is 39.6 Å². The van der Waals surface area contributed by atoms with Gasteiger partial charge in [0.2, 0.25) is 11.8 Å². The van der Waals surface area contributed by atoms with E-state index in [1.807, 2.05) is 0 Å². The van der Waals surface area contributed by atoms with Gasteiger partial charge < -0.3 is 30.3 Å². The quantitative estimate of drug-likeness (QED) is 0.401. The maximum atomic E-state index is 12.0. The van der Waals surface area contributed by atoms with Crippen LogP contribution in [0.2, 0.25) is 0 Å². The van der Waals surface area contributed by atoms with E-state index in [1.165, 1.54) is 6.92 Å². The number of carbonyl (C=O) groups is 2. The van der Waals surface area contributed by atoms with Crippen molar-refractivity contribution in [1.82, 2.24) is 15.5 Å². The van der Waals surface area contributed by atoms with Crippen LogP contribution in [0.15, 0.2) is 0 Å². The van der Waals surface area contributed by atoms with Crippen molar-refractivity contribution in [2.45, 2.75) is 37.8 Å². The third kappa shape index (κ3) is 5.67. The van der Waals surface area contributed by atoms with Crippen LogP contribution in [0.4, 0.5) is 0 Å². The van der Waals surface area contributed by atoms with Crippen molar-refractivity contribution in [1.29, 1.82) is 0 Å². The second-order valence-corrected chi connectivity index (χ2v) is 6.14. The van der Waals surface area contributed by atoms with Crippen molar-refractivity contribution in [2.75, 3.05) is 45.9 Å². The van der Waals surface area contributed by atoms with E-state index in [4.69, 9.17) is 9.47 Å². The fraction of sp³-hybridized carbons (Fsp3) is 0.867. The minimum atomic E-state index is -1.14. The monoisotopic (exact) mass is 345 g/mol. The van der Waals surface area contributed by atoms with Crippen molar-refractivity contribution >= 4 is 11.8 Å². The molecule has 2 aliphatic rings. The van der Waals surface area contributed by atoms with Gasteiger partial charge in [-0.1, -0.05) is 0 Å². The summed E-state index contributed by atoms with van der Waals surface area (Å²) in [5, 5.41) is 25.2. The van der Waals surface area contributed by atoms with Crippen LogP contribution in [0.1, 0.15) is 13.3 Å². The molecule has 0 bridgehead atoms. The molecule has 4 unspecified atom stereocenters. The van der Waals surface area contributed by atoms with E-state index in [9.17, 15) is 19.8 Å². The first-order valence-corrected chi connectivity index (χ1v) is 8.30. The fourth-order valence-corrected chi connectivity index (χ4v) is 2.84. The molecule has 0 aromatic rings. The van der Waals surface area contributed by atoms with Gasteiger partial charge in [-0.25, -0.2) is 0 Å². The lowest BCUT2D eigenvalue weighted by atomic mass is 10.1. The average molecular weight is 345 g/mol. The molecule has 2 aliphatic heterocycles. The van der Waals surface area contributed by atoms with E-state index in [1.54, 1.807) is 0 Å². The Hall–Kier alpha value is -1.26. The van der Waals surface area contributed by atoms with Gasteiger partial charge in [-0.05, 0) is 0 Å². The third-order valence-corrected chi connectivity index (χ3v) is 4.25. The number of aliphatic hydroxyl groups excluding tert-OH is 2. The highest BCUT2D eigenvalue weighted by Gasteiger charge is 2.43. The number of carbonyl (C=O) groups excluding carboxylic acids is 2. The number of rotatable bonds is 7. The summed E-state index contributed by atoms with van der Waals surface area (Å²) < 4.78 is 10.8. The van der Waals surface area contributed by atoms with Gasteiger partial charge in [0.1, 0.15) is 18.3 Å². The Kier molecular flexibility index (Phi) is 7.38. The predicted octanol–water partition coefficient (Wildman–Crippen LogP) is -2.55. The standard InChI is InChI=1S/C15H27N3O6/c1-10(19)17-9-12-15(22)14(21)11(24-12)8-13(20)16-2-3-18-4-6-23-7-5-18/h11-12,14-15,21-22H,2-9H2,1H3,(H,16,20)(H,17,19). The Morgan fingerprint density at radius 1 is 1.12 bits per heavy atom. The highest BCUT2D eigenvalue weighted by Crippen LogP contribution is 2.23. The highest BCUT2D eigenvalue weighted by molar-refractivity contribution is 5.76. The Morgan fingerprint density at radius 2 is 1.79 bits per heavy atom. The Labute approximate surface area is 141 Å². The SMILES string of the molecule is CC(=O)NCC1OC(CC(=O)NCCN2CCOCC2)C(O)C1O. The molecule has 4 N–H and O–H groups in total. The van der Waals surface area contributed by atoms with Crippen molar-refractivity contribution in [3.8, 4) is 0 Å². The van der Waals surface area contributed by atoms with Gasteiger partial charge in [-0.15, -0.1) is 0 Å². The van der Waals surface area contributed by atoms with Gasteiger partial charge in [0.05, 0.1) is 25.7 Å². The topological polar surface area (TPSA) is 120 Å². The lowest BCUT2D eigenvalue weighted by Crippen LogP contribution is -2.42. The predicted molar refractivity (Wildman–Crippen MR) is 84.2 cm³/mol. The maximum Gasteiger partial charge on any atom is 0.222 e. The molecule has 138 valence electrons. The van der Waals surface area contributed by atoms with E-state index >= 15 is 0 Å². The number of nitrogens with one attached hydrogen (secondary N) is 2. The normalized spacial score (nSPS) is 31.0. The molecule has 0 aliphatic carbocycles. The van der Waals surface area contributed by atoms with Crippen LogP contribution in [0.25, 0.3) is 0 Å². The summed E-state index contributed by atoms with van der Waals surface area (Å²) in [5.74, 6) is -0.482. The summed E-state index contributed by atoms with van der Waals surface area (Å²) in [6.07, 6.45) is -3.79. The molecule has 2 rings (SSSR count). The second kappa shape index (κ2) is 9.28. The molecule has 2 amide bonds. The van der Waals surface area contributed by atoms with Gasteiger partial charge in [-0.2, -0.15) is 0 Å². The first-order chi connectivity index (χ1) is 11.5. The molecule has 0 saturated carbocycles. The molecule has 0 aromatic carbocycles. The van der Waals surface area contributed by atoms with Crippen LogP contribution >= 0.6 is 0 Å². The largest absolute Gasteiger partial charge is 0.388 e. The van der Waals surface area contributed by atoms with E-state index in [0.29, 0.717) is 19.8 Å². The zero-order valence-corrected chi connectivity index (χ0v) is 13.9. The van der Waals surface area contributed by atoms with Crippen LogP contribution < -0.4 is 10.6 Å². The van der Waals surface area contributed by atoms with E-state index in [-0.39, 0.29) is 24.8 Å². The van der Waals surface area contributed by atoms with Crippen LogP contribution in [-0.4, -0.2) is 97.3 Å². The molecule has 2 saturated heterocycles. The van der Waals surface area contributed by atoms with E-state index in [0.717, 1.165) is 19.6 Å². The zero-order chi connectivity index (χ0) is 17.5. The van der Waals surface area contributed by atoms with Gasteiger partial charge in [0.15, 0.2) is 0 Å². The van der Waals surface area contributed by atoms with Crippen LogP contribution in [0.5, 0.6) is 0 Å². The molecule has 0 radical (unpaired) electrons. The molecule has 9 heteroatoms. The summed E-state index contributed by atoms with van der Waals surface area (Å²) in [6, 6.07) is 0. The molecule has 2 heterocycles. The first kappa shape index (κ1) is 19.1. The van der Waals surface area contributed by atoms with Crippen LogP contribution in [-0.2, 0) is 19.1 Å². The second-order valence-electron chi connectivity index (χ2n) is 6.14. The lowest BCUT2D eigenvalue weighted by molar-refractivity contribution is -0.125. The van der Waals surface area contributed by atoms with Gasteiger partial charge >= 0.3 is 0 Å². The summed E-state index contributed by atoms with van der Waals surface area (Å²) in [7, 11) is 0. The molecule has 9 nitrogen and oxygen atoms in total. The van der Waals surface area contributed by atoms with E-state index in [2.05, 4.69) is 15.5 Å². The summed E-state index contributed by atoms with van der Waals surface area (Å²) >= 11 is 0. The number of ether oxygens (including phenoxy) is 2. The Balaban J connectivity index is 1.67. The minimum Gasteiger partial charge on any atom is -0.388 e. The van der Waals surface area contributed by atoms with Crippen LogP contribution in [0, 0.1) is 0 Å². The number of nitrogens with zero attached hydrogens (tertiary/aromatic N) is 1.